The molecule has 0 atom stereocenters. The molecule has 0 saturated heterocycles. The Morgan fingerprint density at radius 3 is 2.27 bits per heavy atom. The third kappa shape index (κ3) is 4.88. The molecule has 0 radical (unpaired) electrons. The molecule has 3 rings (SSSR count). The first-order valence-electron chi connectivity index (χ1n) is 8.93. The molecule has 0 spiro atoms. The van der Waals surface area contributed by atoms with Crippen molar-refractivity contribution < 1.29 is 23.7 Å². The van der Waals surface area contributed by atoms with Crippen LogP contribution in [0, 0.1) is 0 Å². The van der Waals surface area contributed by atoms with Crippen LogP contribution in [0.1, 0.15) is 5.56 Å². The van der Waals surface area contributed by atoms with Crippen molar-refractivity contribution in [1.29, 1.82) is 0 Å². The van der Waals surface area contributed by atoms with Gasteiger partial charge in [0.1, 0.15) is 23.0 Å². The summed E-state index contributed by atoms with van der Waals surface area (Å²) in [6.07, 6.45) is 3.01. The van der Waals surface area contributed by atoms with Gasteiger partial charge in [0, 0.05) is 18.2 Å². The smallest absolute Gasteiger partial charge is 0.250 e. The van der Waals surface area contributed by atoms with Crippen LogP contribution in [0.5, 0.6) is 23.0 Å². The minimum atomic E-state index is -0.385. The highest BCUT2D eigenvalue weighted by Gasteiger charge is 2.13. The van der Waals surface area contributed by atoms with E-state index in [1.165, 1.54) is 6.08 Å². The Balaban J connectivity index is 1.72. The fourth-order valence-electron chi connectivity index (χ4n) is 2.68. The highest BCUT2D eigenvalue weighted by atomic mass is 16.5. The number of benzene rings is 2. The second-order valence-electron chi connectivity index (χ2n) is 6.04. The quantitative estimate of drug-likeness (QED) is 0.549. The number of hydrogen-bond donors (Lipinski definition) is 2. The van der Waals surface area contributed by atoms with E-state index in [1.54, 1.807) is 70.9 Å². The van der Waals surface area contributed by atoms with Gasteiger partial charge in [0.2, 0.25) is 5.95 Å². The van der Waals surface area contributed by atoms with Crippen LogP contribution in [0.2, 0.25) is 0 Å². The maximum absolute atomic E-state index is 12.3. The second-order valence-corrected chi connectivity index (χ2v) is 6.04. The number of nitrogens with zero attached hydrogens (tertiary/aromatic N) is 2. The summed E-state index contributed by atoms with van der Waals surface area (Å²) in [6, 6.07) is 10.6. The number of ether oxygens (including phenoxy) is 4. The van der Waals surface area contributed by atoms with Gasteiger partial charge in [-0.15, -0.1) is 5.10 Å². The van der Waals surface area contributed by atoms with Crippen molar-refractivity contribution in [3.63, 3.8) is 0 Å². The average molecular weight is 410 g/mol. The van der Waals surface area contributed by atoms with E-state index in [0.29, 0.717) is 34.4 Å². The number of aromatic nitrogens is 3. The summed E-state index contributed by atoms with van der Waals surface area (Å²) >= 11 is 0. The highest BCUT2D eigenvalue weighted by Crippen LogP contribution is 2.31. The predicted molar refractivity (Wildman–Crippen MR) is 112 cm³/mol. The highest BCUT2D eigenvalue weighted by molar-refractivity contribution is 6.01. The largest absolute Gasteiger partial charge is 0.497 e. The molecule has 0 bridgehead atoms. The molecule has 1 heterocycles. The Morgan fingerprint density at radius 2 is 1.63 bits per heavy atom. The van der Waals surface area contributed by atoms with Crippen molar-refractivity contribution in [3.8, 4) is 34.4 Å². The van der Waals surface area contributed by atoms with Gasteiger partial charge in [0.15, 0.2) is 5.82 Å². The first-order valence-corrected chi connectivity index (χ1v) is 8.93. The van der Waals surface area contributed by atoms with Crippen LogP contribution >= 0.6 is 0 Å². The summed E-state index contributed by atoms with van der Waals surface area (Å²) in [4.78, 5) is 16.6. The summed E-state index contributed by atoms with van der Waals surface area (Å²) in [7, 11) is 6.25. The van der Waals surface area contributed by atoms with Gasteiger partial charge >= 0.3 is 0 Å². The lowest BCUT2D eigenvalue weighted by Gasteiger charge is -2.07. The summed E-state index contributed by atoms with van der Waals surface area (Å²) < 4.78 is 21.0. The average Bonchev–Trinajstić information content (AvgIpc) is 3.24. The van der Waals surface area contributed by atoms with Crippen LogP contribution in [0.25, 0.3) is 17.5 Å². The summed E-state index contributed by atoms with van der Waals surface area (Å²) in [5, 5.41) is 9.43. The zero-order valence-electron chi connectivity index (χ0n) is 17.1. The van der Waals surface area contributed by atoms with Crippen molar-refractivity contribution in [3.05, 3.63) is 48.0 Å². The van der Waals surface area contributed by atoms with E-state index in [9.17, 15) is 4.79 Å². The van der Waals surface area contributed by atoms with Gasteiger partial charge in [-0.2, -0.15) is 4.98 Å². The normalized spacial score (nSPS) is 10.7. The fourth-order valence-corrected chi connectivity index (χ4v) is 2.68. The van der Waals surface area contributed by atoms with Crippen LogP contribution in [0.15, 0.2) is 42.5 Å². The number of nitrogens with one attached hydrogen (secondary N) is 2. The van der Waals surface area contributed by atoms with E-state index in [-0.39, 0.29) is 11.9 Å². The summed E-state index contributed by atoms with van der Waals surface area (Å²) in [6.45, 7) is 0. The van der Waals surface area contributed by atoms with E-state index in [0.717, 1.165) is 5.56 Å². The van der Waals surface area contributed by atoms with Gasteiger partial charge in [0.25, 0.3) is 5.91 Å². The van der Waals surface area contributed by atoms with Crippen molar-refractivity contribution in [2.75, 3.05) is 33.8 Å². The molecule has 0 saturated carbocycles. The molecule has 1 amide bonds. The Labute approximate surface area is 173 Å². The molecule has 2 aromatic carbocycles. The topological polar surface area (TPSA) is 108 Å². The Morgan fingerprint density at radius 1 is 0.933 bits per heavy atom. The number of amides is 1. The lowest BCUT2D eigenvalue weighted by molar-refractivity contribution is -0.111. The standard InChI is InChI=1S/C21H22N4O5/c1-27-14-6-7-17(18(12-14)30-4)20-23-21(25-24-20)22-19(26)8-5-13-9-15(28-2)11-16(10-13)29-3/h5-12H,1-4H3,(H2,22,23,24,25,26)/b8-5-. The Bertz CT molecular complexity index is 1040. The number of carbonyl (C=O) groups is 1. The zero-order chi connectivity index (χ0) is 21.5. The number of rotatable bonds is 8. The van der Waals surface area contributed by atoms with Gasteiger partial charge in [-0.1, -0.05) is 0 Å². The van der Waals surface area contributed by atoms with Crippen LogP contribution in [0.3, 0.4) is 0 Å². The van der Waals surface area contributed by atoms with E-state index in [1.807, 2.05) is 0 Å². The Hall–Kier alpha value is -4.01. The molecule has 0 aliphatic rings. The van der Waals surface area contributed by atoms with Gasteiger partial charge in [-0.25, -0.2) is 0 Å². The number of anilines is 1. The lowest BCUT2D eigenvalue weighted by Crippen LogP contribution is -2.09. The van der Waals surface area contributed by atoms with Crippen molar-refractivity contribution >= 4 is 17.9 Å². The predicted octanol–water partition coefficient (Wildman–Crippen LogP) is 3.16. The maximum Gasteiger partial charge on any atom is 0.250 e. The molecule has 1 aromatic heterocycles. The van der Waals surface area contributed by atoms with Crippen LogP contribution < -0.4 is 24.3 Å². The van der Waals surface area contributed by atoms with Crippen molar-refractivity contribution in [2.24, 2.45) is 0 Å². The molecule has 3 aromatic rings. The molecule has 9 nitrogen and oxygen atoms in total. The third-order valence-corrected chi connectivity index (χ3v) is 4.19. The van der Waals surface area contributed by atoms with Gasteiger partial charge in [0.05, 0.1) is 34.0 Å². The zero-order valence-corrected chi connectivity index (χ0v) is 17.1. The molecular weight excluding hydrogens is 388 g/mol. The monoisotopic (exact) mass is 410 g/mol. The third-order valence-electron chi connectivity index (χ3n) is 4.19. The summed E-state index contributed by atoms with van der Waals surface area (Å²) in [5.74, 6) is 2.68. The minimum Gasteiger partial charge on any atom is -0.497 e. The van der Waals surface area contributed by atoms with Crippen molar-refractivity contribution in [1.82, 2.24) is 15.2 Å². The number of carbonyl (C=O) groups excluding carboxylic acids is 1. The van der Waals surface area contributed by atoms with E-state index < -0.39 is 0 Å². The molecule has 2 N–H and O–H groups in total. The minimum absolute atomic E-state index is 0.140. The van der Waals surface area contributed by atoms with Gasteiger partial charge < -0.3 is 18.9 Å². The fraction of sp³-hybridized carbons (Fsp3) is 0.190. The first kappa shape index (κ1) is 20.7. The van der Waals surface area contributed by atoms with E-state index >= 15 is 0 Å². The molecule has 156 valence electrons. The second kappa shape index (κ2) is 9.46. The number of hydrogen-bond acceptors (Lipinski definition) is 7. The van der Waals surface area contributed by atoms with Gasteiger partial charge in [-0.3, -0.25) is 15.2 Å². The van der Waals surface area contributed by atoms with Crippen molar-refractivity contribution in [2.45, 2.75) is 0 Å². The van der Waals surface area contributed by atoms with Crippen LogP contribution in [-0.4, -0.2) is 49.5 Å². The van der Waals surface area contributed by atoms with E-state index in [2.05, 4.69) is 20.5 Å². The Kier molecular flexibility index (Phi) is 6.53. The molecular formula is C21H22N4O5. The van der Waals surface area contributed by atoms with Crippen LogP contribution in [0.4, 0.5) is 5.95 Å². The number of H-pyrrole nitrogens is 1. The molecule has 9 heteroatoms. The summed E-state index contributed by atoms with van der Waals surface area (Å²) in [5.41, 5.74) is 1.44. The molecule has 0 aliphatic carbocycles. The SMILES string of the molecule is COc1cc(/C=C\C(=O)Nc2n[nH]c(-c3ccc(OC)cc3OC)n2)cc(OC)c1. The van der Waals surface area contributed by atoms with Gasteiger partial charge in [-0.05, 0) is 35.9 Å². The number of aromatic amines is 1. The first-order chi connectivity index (χ1) is 14.6. The molecule has 0 unspecified atom stereocenters. The molecule has 0 fully saturated rings. The molecule has 0 aliphatic heterocycles. The number of methoxy groups -OCH3 is 4. The lowest BCUT2D eigenvalue weighted by atomic mass is 10.2. The van der Waals surface area contributed by atoms with Crippen LogP contribution in [-0.2, 0) is 4.79 Å². The van der Waals surface area contributed by atoms with E-state index in [4.69, 9.17) is 18.9 Å². The maximum atomic E-state index is 12.3. The molecule has 30 heavy (non-hydrogen) atoms.